The van der Waals surface area contributed by atoms with Crippen molar-refractivity contribution in [2.75, 3.05) is 10.6 Å². The van der Waals surface area contributed by atoms with Gasteiger partial charge in [0.05, 0.1) is 0 Å². The second-order valence-corrected chi connectivity index (χ2v) is 5.86. The lowest BCUT2D eigenvalue weighted by molar-refractivity contribution is -0.116. The molecule has 24 heavy (non-hydrogen) atoms. The second-order valence-electron chi connectivity index (χ2n) is 5.86. The summed E-state index contributed by atoms with van der Waals surface area (Å²) in [7, 11) is 0. The predicted molar refractivity (Wildman–Crippen MR) is 99.2 cm³/mol. The van der Waals surface area contributed by atoms with Crippen molar-refractivity contribution in [1.82, 2.24) is 0 Å². The lowest BCUT2D eigenvalue weighted by atomic mass is 10.00. The second kappa shape index (κ2) is 7.77. The van der Waals surface area contributed by atoms with Crippen molar-refractivity contribution in [1.29, 1.82) is 0 Å². The lowest BCUT2D eigenvalue weighted by Crippen LogP contribution is -2.10. The van der Waals surface area contributed by atoms with Crippen molar-refractivity contribution in [3.63, 3.8) is 0 Å². The van der Waals surface area contributed by atoms with Crippen LogP contribution in [0.15, 0.2) is 36.4 Å². The summed E-state index contributed by atoms with van der Waals surface area (Å²) < 4.78 is 0. The first-order valence-corrected chi connectivity index (χ1v) is 8.26. The van der Waals surface area contributed by atoms with Crippen LogP contribution in [0.3, 0.4) is 0 Å². The number of carbonyl (C=O) groups is 2. The van der Waals surface area contributed by atoms with E-state index in [-0.39, 0.29) is 11.8 Å². The third-order valence-electron chi connectivity index (χ3n) is 3.98. The monoisotopic (exact) mass is 324 g/mol. The van der Waals surface area contributed by atoms with Gasteiger partial charge in [-0.2, -0.15) is 0 Å². The summed E-state index contributed by atoms with van der Waals surface area (Å²) in [5, 5.41) is 5.80. The molecule has 0 radical (unpaired) electrons. The van der Waals surface area contributed by atoms with E-state index in [4.69, 9.17) is 0 Å². The van der Waals surface area contributed by atoms with E-state index in [2.05, 4.69) is 22.8 Å². The number of aryl methyl sites for hydroxylation is 2. The van der Waals surface area contributed by atoms with E-state index in [1.165, 1.54) is 0 Å². The Hall–Kier alpha value is -2.62. The van der Waals surface area contributed by atoms with Gasteiger partial charge in [-0.1, -0.05) is 26.0 Å². The molecule has 0 saturated heterocycles. The van der Waals surface area contributed by atoms with Crippen LogP contribution in [0.5, 0.6) is 0 Å². The van der Waals surface area contributed by atoms with Crippen molar-refractivity contribution < 1.29 is 9.59 Å². The number of hydrogen-bond donors (Lipinski definition) is 2. The van der Waals surface area contributed by atoms with Gasteiger partial charge in [-0.25, -0.2) is 0 Å². The SMILES string of the molecule is CCC(=O)Nc1ccc(-c2ccc(NC(=O)CC)c(C)c2)cc1C. The molecule has 4 heteroatoms. The minimum atomic E-state index is 0.0118. The van der Waals surface area contributed by atoms with Crippen LogP contribution in [0.4, 0.5) is 11.4 Å². The van der Waals surface area contributed by atoms with Crippen LogP contribution in [0.1, 0.15) is 37.8 Å². The zero-order valence-corrected chi connectivity index (χ0v) is 14.7. The number of anilines is 2. The van der Waals surface area contributed by atoms with Gasteiger partial charge in [-0.3, -0.25) is 9.59 Å². The Labute approximate surface area is 143 Å². The first-order chi connectivity index (χ1) is 11.4. The van der Waals surface area contributed by atoms with Crippen LogP contribution < -0.4 is 10.6 Å². The van der Waals surface area contributed by atoms with Gasteiger partial charge >= 0.3 is 0 Å². The molecular weight excluding hydrogens is 300 g/mol. The largest absolute Gasteiger partial charge is 0.326 e. The van der Waals surface area contributed by atoms with Gasteiger partial charge in [-0.15, -0.1) is 0 Å². The van der Waals surface area contributed by atoms with E-state index in [1.54, 1.807) is 0 Å². The first-order valence-electron chi connectivity index (χ1n) is 8.26. The van der Waals surface area contributed by atoms with Crippen LogP contribution in [0.25, 0.3) is 11.1 Å². The smallest absolute Gasteiger partial charge is 0.224 e. The number of hydrogen-bond acceptors (Lipinski definition) is 2. The first kappa shape index (κ1) is 17.7. The molecule has 2 amide bonds. The maximum atomic E-state index is 11.5. The van der Waals surface area contributed by atoms with Gasteiger partial charge in [0, 0.05) is 24.2 Å². The highest BCUT2D eigenvalue weighted by atomic mass is 16.2. The molecule has 2 aromatic rings. The van der Waals surface area contributed by atoms with Crippen molar-refractivity contribution in [2.45, 2.75) is 40.5 Å². The molecule has 0 saturated carbocycles. The fourth-order valence-corrected chi connectivity index (χ4v) is 2.44. The molecule has 0 aromatic heterocycles. The fourth-order valence-electron chi connectivity index (χ4n) is 2.44. The normalized spacial score (nSPS) is 10.3. The molecule has 0 unspecified atom stereocenters. The Balaban J connectivity index is 2.25. The lowest BCUT2D eigenvalue weighted by Gasteiger charge is -2.12. The van der Waals surface area contributed by atoms with Gasteiger partial charge in [-0.05, 0) is 60.4 Å². The third-order valence-corrected chi connectivity index (χ3v) is 3.98. The molecule has 0 bridgehead atoms. The Morgan fingerprint density at radius 1 is 0.750 bits per heavy atom. The van der Waals surface area contributed by atoms with Crippen molar-refractivity contribution >= 4 is 23.2 Å². The molecule has 0 aliphatic carbocycles. The van der Waals surface area contributed by atoms with E-state index >= 15 is 0 Å². The zero-order chi connectivity index (χ0) is 17.7. The molecule has 4 nitrogen and oxygen atoms in total. The van der Waals surface area contributed by atoms with Gasteiger partial charge in [0.15, 0.2) is 0 Å². The van der Waals surface area contributed by atoms with Gasteiger partial charge in [0.1, 0.15) is 0 Å². The minimum absolute atomic E-state index is 0.0118. The van der Waals surface area contributed by atoms with Crippen LogP contribution in [-0.4, -0.2) is 11.8 Å². The summed E-state index contributed by atoms with van der Waals surface area (Å²) in [5.74, 6) is 0.0235. The molecule has 126 valence electrons. The minimum Gasteiger partial charge on any atom is -0.326 e. The maximum Gasteiger partial charge on any atom is 0.224 e. The summed E-state index contributed by atoms with van der Waals surface area (Å²) in [5.41, 5.74) is 5.89. The highest BCUT2D eigenvalue weighted by Crippen LogP contribution is 2.28. The highest BCUT2D eigenvalue weighted by molar-refractivity contribution is 5.92. The molecule has 0 aliphatic rings. The zero-order valence-electron chi connectivity index (χ0n) is 14.7. The molecule has 2 rings (SSSR count). The fraction of sp³-hybridized carbons (Fsp3) is 0.300. The molecule has 0 atom stereocenters. The van der Waals surface area contributed by atoms with Crippen LogP contribution in [0.2, 0.25) is 0 Å². The Kier molecular flexibility index (Phi) is 5.74. The molecular formula is C20H24N2O2. The van der Waals surface area contributed by atoms with Crippen molar-refractivity contribution in [3.05, 3.63) is 47.5 Å². The summed E-state index contributed by atoms with van der Waals surface area (Å²) >= 11 is 0. The van der Waals surface area contributed by atoms with Gasteiger partial charge in [0.25, 0.3) is 0 Å². The topological polar surface area (TPSA) is 58.2 Å². The van der Waals surface area contributed by atoms with Gasteiger partial charge in [0.2, 0.25) is 11.8 Å². The van der Waals surface area contributed by atoms with E-state index < -0.39 is 0 Å². The van der Waals surface area contributed by atoms with Crippen molar-refractivity contribution in [2.24, 2.45) is 0 Å². The van der Waals surface area contributed by atoms with Crippen LogP contribution in [-0.2, 0) is 9.59 Å². The average molecular weight is 324 g/mol. The van der Waals surface area contributed by atoms with E-state index in [0.29, 0.717) is 12.8 Å². The van der Waals surface area contributed by atoms with Crippen LogP contribution >= 0.6 is 0 Å². The summed E-state index contributed by atoms with van der Waals surface area (Å²) in [6.07, 6.45) is 0.927. The Morgan fingerprint density at radius 2 is 1.12 bits per heavy atom. The molecule has 0 fully saturated rings. The molecule has 0 spiro atoms. The standard InChI is InChI=1S/C20H24N2O2/c1-5-19(23)21-17-9-7-15(11-13(17)3)16-8-10-18(14(4)12-16)22-20(24)6-2/h7-12H,5-6H2,1-4H3,(H,21,23)(H,22,24). The summed E-state index contributed by atoms with van der Waals surface area (Å²) in [6, 6.07) is 12.0. The number of rotatable bonds is 5. The number of carbonyl (C=O) groups excluding carboxylic acids is 2. The quantitative estimate of drug-likeness (QED) is 0.840. The average Bonchev–Trinajstić information content (AvgIpc) is 2.58. The van der Waals surface area contributed by atoms with Crippen molar-refractivity contribution in [3.8, 4) is 11.1 Å². The predicted octanol–water partition coefficient (Wildman–Crippen LogP) is 4.67. The summed E-state index contributed by atoms with van der Waals surface area (Å²) in [6.45, 7) is 7.64. The highest BCUT2D eigenvalue weighted by Gasteiger charge is 2.07. The summed E-state index contributed by atoms with van der Waals surface area (Å²) in [4.78, 5) is 23.1. The molecule has 0 heterocycles. The molecule has 2 aromatic carbocycles. The molecule has 2 N–H and O–H groups in total. The molecule has 0 aliphatic heterocycles. The van der Waals surface area contributed by atoms with E-state index in [9.17, 15) is 9.59 Å². The van der Waals surface area contributed by atoms with E-state index in [0.717, 1.165) is 33.6 Å². The maximum absolute atomic E-state index is 11.5. The Morgan fingerprint density at radius 3 is 1.42 bits per heavy atom. The van der Waals surface area contributed by atoms with Crippen LogP contribution in [0, 0.1) is 13.8 Å². The Bertz CT molecular complexity index is 701. The van der Waals surface area contributed by atoms with E-state index in [1.807, 2.05) is 52.0 Å². The number of benzene rings is 2. The van der Waals surface area contributed by atoms with Gasteiger partial charge < -0.3 is 10.6 Å². The number of nitrogens with one attached hydrogen (secondary N) is 2. The third kappa shape index (κ3) is 4.22. The number of amides is 2.